The molecule has 1 N–H and O–H groups in total. The van der Waals surface area contributed by atoms with Crippen molar-refractivity contribution in [3.63, 3.8) is 0 Å². The van der Waals surface area contributed by atoms with Gasteiger partial charge < -0.3 is 24.4 Å². The molecule has 0 bridgehead atoms. The third kappa shape index (κ3) is 5.29. The van der Waals surface area contributed by atoms with E-state index in [1.165, 1.54) is 35.8 Å². The third-order valence-electron chi connectivity index (χ3n) is 4.21. The quantitative estimate of drug-likeness (QED) is 0.710. The van der Waals surface area contributed by atoms with E-state index in [9.17, 15) is 19.5 Å². The zero-order valence-corrected chi connectivity index (χ0v) is 16.5. The summed E-state index contributed by atoms with van der Waals surface area (Å²) < 4.78 is 10.5. The van der Waals surface area contributed by atoms with Gasteiger partial charge in [0.15, 0.2) is 0 Å². The highest BCUT2D eigenvalue weighted by Crippen LogP contribution is 2.26. The van der Waals surface area contributed by atoms with Crippen molar-refractivity contribution >= 4 is 29.5 Å². The van der Waals surface area contributed by atoms with E-state index in [1.807, 2.05) is 0 Å². The Morgan fingerprint density at radius 3 is 2.37 bits per heavy atom. The highest BCUT2D eigenvalue weighted by molar-refractivity contribution is 7.99. The molecule has 1 atom stereocenters. The number of rotatable bonds is 8. The Bertz CT molecular complexity index is 689. The van der Waals surface area contributed by atoms with Crippen LogP contribution in [0.5, 0.6) is 11.5 Å². The summed E-state index contributed by atoms with van der Waals surface area (Å²) in [6.45, 7) is 1.37. The molecular formula is C18H24N2O6S. The van der Waals surface area contributed by atoms with E-state index >= 15 is 0 Å². The second-order valence-electron chi connectivity index (χ2n) is 6.04. The molecule has 0 aliphatic carbocycles. The summed E-state index contributed by atoms with van der Waals surface area (Å²) in [4.78, 5) is 39.2. The lowest BCUT2D eigenvalue weighted by Gasteiger charge is -2.29. The van der Waals surface area contributed by atoms with Crippen molar-refractivity contribution < 1.29 is 29.0 Å². The van der Waals surface area contributed by atoms with Crippen LogP contribution in [-0.2, 0) is 20.9 Å². The summed E-state index contributed by atoms with van der Waals surface area (Å²) in [5.74, 6) is 0.400. The van der Waals surface area contributed by atoms with Crippen molar-refractivity contribution in [2.75, 3.05) is 32.4 Å². The highest BCUT2D eigenvalue weighted by atomic mass is 32.2. The van der Waals surface area contributed by atoms with Crippen molar-refractivity contribution in [3.05, 3.63) is 23.8 Å². The average Bonchev–Trinajstić information content (AvgIpc) is 3.15. The number of carboxylic acids is 1. The number of benzene rings is 1. The lowest BCUT2D eigenvalue weighted by Crippen LogP contribution is -2.49. The fourth-order valence-corrected chi connectivity index (χ4v) is 4.03. The Morgan fingerprint density at radius 1 is 1.22 bits per heavy atom. The minimum Gasteiger partial charge on any atom is -0.497 e. The van der Waals surface area contributed by atoms with Gasteiger partial charge in [0, 0.05) is 24.8 Å². The molecule has 1 aliphatic heterocycles. The fourth-order valence-electron chi connectivity index (χ4n) is 2.86. The molecule has 1 aromatic rings. The molecule has 1 unspecified atom stereocenters. The number of ether oxygens (including phenoxy) is 2. The van der Waals surface area contributed by atoms with E-state index in [0.717, 1.165) is 0 Å². The number of nitrogens with zero attached hydrogens (tertiary/aromatic N) is 2. The molecule has 2 rings (SSSR count). The number of methoxy groups -OCH3 is 2. The molecule has 1 heterocycles. The topological polar surface area (TPSA) is 96.4 Å². The van der Waals surface area contributed by atoms with E-state index in [2.05, 4.69) is 0 Å². The lowest BCUT2D eigenvalue weighted by atomic mass is 10.1. The number of amides is 2. The molecule has 0 saturated carbocycles. The van der Waals surface area contributed by atoms with Gasteiger partial charge in [-0.1, -0.05) is 6.92 Å². The number of carbonyl (C=O) groups is 3. The molecule has 1 saturated heterocycles. The first kappa shape index (κ1) is 20.9. The van der Waals surface area contributed by atoms with E-state index in [1.54, 1.807) is 25.1 Å². The van der Waals surface area contributed by atoms with Crippen LogP contribution in [-0.4, -0.2) is 71.1 Å². The van der Waals surface area contributed by atoms with Gasteiger partial charge in [0.05, 0.1) is 20.1 Å². The lowest BCUT2D eigenvalue weighted by molar-refractivity contribution is -0.149. The largest absolute Gasteiger partial charge is 0.497 e. The predicted octanol–water partition coefficient (Wildman–Crippen LogP) is 1.43. The zero-order valence-electron chi connectivity index (χ0n) is 15.6. The normalized spacial score (nSPS) is 16.1. The average molecular weight is 396 g/mol. The number of aliphatic carboxylic acids is 1. The first-order chi connectivity index (χ1) is 12.9. The van der Waals surface area contributed by atoms with E-state index in [0.29, 0.717) is 35.1 Å². The molecule has 1 aromatic carbocycles. The van der Waals surface area contributed by atoms with Crippen molar-refractivity contribution in [1.82, 2.24) is 9.80 Å². The number of carbonyl (C=O) groups excluding carboxylic acids is 2. The summed E-state index contributed by atoms with van der Waals surface area (Å²) >= 11 is 1.49. The third-order valence-corrected chi connectivity index (χ3v) is 5.22. The maximum absolute atomic E-state index is 13.0. The van der Waals surface area contributed by atoms with Crippen LogP contribution in [0.25, 0.3) is 0 Å². The van der Waals surface area contributed by atoms with Crippen LogP contribution in [0.15, 0.2) is 18.2 Å². The van der Waals surface area contributed by atoms with Crippen LogP contribution in [0.2, 0.25) is 0 Å². The molecule has 0 spiro atoms. The van der Waals surface area contributed by atoms with Gasteiger partial charge in [-0.15, -0.1) is 11.8 Å². The molecule has 8 nitrogen and oxygen atoms in total. The summed E-state index contributed by atoms with van der Waals surface area (Å²) in [6, 6.07) is 4.50. The van der Waals surface area contributed by atoms with Gasteiger partial charge in [-0.25, -0.2) is 0 Å². The van der Waals surface area contributed by atoms with Crippen LogP contribution in [0.1, 0.15) is 18.9 Å². The first-order valence-electron chi connectivity index (χ1n) is 8.49. The molecule has 1 fully saturated rings. The summed E-state index contributed by atoms with van der Waals surface area (Å²) in [6.07, 6.45) is 0.302. The fraction of sp³-hybridized carbons (Fsp3) is 0.500. The zero-order chi connectivity index (χ0) is 20.0. The Morgan fingerprint density at radius 2 is 1.85 bits per heavy atom. The minimum atomic E-state index is -1.11. The van der Waals surface area contributed by atoms with Gasteiger partial charge in [-0.3, -0.25) is 14.4 Å². The van der Waals surface area contributed by atoms with Crippen molar-refractivity contribution in [1.29, 1.82) is 0 Å². The molecule has 0 radical (unpaired) electrons. The standard InChI is InChI=1S/C18H24N2O6S/c1-4-16(21)20-11-27-10-15(20)18(24)19(9-17(22)23)8-12-5-13(25-2)7-14(6-12)26-3/h5-7,15H,4,8-11H2,1-3H3,(H,22,23). The number of carboxylic acid groups (broad SMARTS) is 1. The number of hydrogen-bond acceptors (Lipinski definition) is 6. The van der Waals surface area contributed by atoms with E-state index in [-0.39, 0.29) is 18.4 Å². The van der Waals surface area contributed by atoms with Gasteiger partial charge in [-0.2, -0.15) is 0 Å². The minimum absolute atomic E-state index is 0.0774. The Hall–Kier alpha value is -2.42. The SMILES string of the molecule is CCC(=O)N1CSCC1C(=O)N(CC(=O)O)Cc1cc(OC)cc(OC)c1. The van der Waals surface area contributed by atoms with Crippen molar-refractivity contribution in [2.24, 2.45) is 0 Å². The maximum Gasteiger partial charge on any atom is 0.323 e. The van der Waals surface area contributed by atoms with Gasteiger partial charge in [0.1, 0.15) is 24.1 Å². The first-order valence-corrected chi connectivity index (χ1v) is 9.64. The molecule has 9 heteroatoms. The van der Waals surface area contributed by atoms with Gasteiger partial charge in [0.2, 0.25) is 11.8 Å². The molecule has 1 aliphatic rings. The molecule has 0 aromatic heterocycles. The second-order valence-corrected chi connectivity index (χ2v) is 7.04. The number of thioether (sulfide) groups is 1. The second kappa shape index (κ2) is 9.50. The van der Waals surface area contributed by atoms with Crippen LogP contribution in [0, 0.1) is 0 Å². The molecule has 148 valence electrons. The Kier molecular flexibility index (Phi) is 7.35. The van der Waals surface area contributed by atoms with Crippen LogP contribution >= 0.6 is 11.8 Å². The Labute approximate surface area is 162 Å². The van der Waals surface area contributed by atoms with Crippen LogP contribution in [0.4, 0.5) is 0 Å². The van der Waals surface area contributed by atoms with Gasteiger partial charge >= 0.3 is 5.97 Å². The smallest absolute Gasteiger partial charge is 0.323 e. The molecule has 27 heavy (non-hydrogen) atoms. The van der Waals surface area contributed by atoms with E-state index < -0.39 is 18.6 Å². The predicted molar refractivity (Wildman–Crippen MR) is 101 cm³/mol. The van der Waals surface area contributed by atoms with Crippen molar-refractivity contribution in [2.45, 2.75) is 25.9 Å². The maximum atomic E-state index is 13.0. The van der Waals surface area contributed by atoms with E-state index in [4.69, 9.17) is 9.47 Å². The van der Waals surface area contributed by atoms with Crippen molar-refractivity contribution in [3.8, 4) is 11.5 Å². The monoisotopic (exact) mass is 396 g/mol. The Balaban J connectivity index is 2.26. The van der Waals surface area contributed by atoms with Crippen LogP contribution in [0.3, 0.4) is 0 Å². The highest BCUT2D eigenvalue weighted by Gasteiger charge is 2.37. The molecule has 2 amide bonds. The van der Waals surface area contributed by atoms with Gasteiger partial charge in [-0.05, 0) is 17.7 Å². The summed E-state index contributed by atoms with van der Waals surface area (Å²) in [7, 11) is 3.03. The summed E-state index contributed by atoms with van der Waals surface area (Å²) in [5.41, 5.74) is 0.680. The number of hydrogen-bond donors (Lipinski definition) is 1. The summed E-state index contributed by atoms with van der Waals surface area (Å²) in [5, 5.41) is 9.25. The van der Waals surface area contributed by atoms with Crippen LogP contribution < -0.4 is 9.47 Å². The van der Waals surface area contributed by atoms with Gasteiger partial charge in [0.25, 0.3) is 0 Å². The molecular weight excluding hydrogens is 372 g/mol.